The van der Waals surface area contributed by atoms with Crippen LogP contribution in [0.4, 0.5) is 0 Å². The maximum Gasteiger partial charge on any atom is 0.215 e. The first-order chi connectivity index (χ1) is 20.6. The van der Waals surface area contributed by atoms with Crippen LogP contribution in [0.15, 0.2) is 134 Å². The summed E-state index contributed by atoms with van der Waals surface area (Å²) in [6.07, 6.45) is -1.55. The van der Waals surface area contributed by atoms with Crippen LogP contribution in [0.1, 0.15) is 22.3 Å². The predicted molar refractivity (Wildman–Crippen MR) is 161 cm³/mol. The fourth-order valence-electron chi connectivity index (χ4n) is 5.05. The van der Waals surface area contributed by atoms with Crippen LogP contribution >= 0.6 is 0 Å². The first kappa shape index (κ1) is 29.9. The first-order valence-corrected chi connectivity index (χ1v) is 14.3. The third kappa shape index (κ3) is 8.01. The zero-order valence-electron chi connectivity index (χ0n) is 23.7. The number of rotatable bonds is 14. The van der Waals surface area contributed by atoms with Crippen molar-refractivity contribution in [3.05, 3.63) is 156 Å². The van der Waals surface area contributed by atoms with Crippen molar-refractivity contribution in [2.75, 3.05) is 6.61 Å². The van der Waals surface area contributed by atoms with Crippen LogP contribution < -0.4 is 0 Å². The van der Waals surface area contributed by atoms with E-state index >= 15 is 0 Å². The highest BCUT2D eigenvalue weighted by Crippen LogP contribution is 2.36. The number of aliphatic hydroxyl groups is 1. The van der Waals surface area contributed by atoms with Gasteiger partial charge in [-0.15, -0.1) is 0 Å². The van der Waals surface area contributed by atoms with Gasteiger partial charge in [0.15, 0.2) is 0 Å². The second-order valence-electron chi connectivity index (χ2n) is 10.4. The van der Waals surface area contributed by atoms with Gasteiger partial charge in [-0.05, 0) is 28.3 Å². The molecule has 0 amide bonds. The van der Waals surface area contributed by atoms with Gasteiger partial charge in [0.05, 0.1) is 33.0 Å². The van der Waals surface area contributed by atoms with Crippen LogP contribution in [0.2, 0.25) is 0 Å². The second-order valence-corrected chi connectivity index (χ2v) is 10.4. The Balaban J connectivity index is 1.42. The molecule has 0 saturated carbocycles. The third-order valence-electron chi connectivity index (χ3n) is 7.27. The molecule has 1 aliphatic heterocycles. The van der Waals surface area contributed by atoms with Gasteiger partial charge in [0, 0.05) is 0 Å². The highest BCUT2D eigenvalue weighted by atomic mass is 16.7. The van der Waals surface area contributed by atoms with Crippen molar-refractivity contribution in [2.24, 2.45) is 0 Å². The van der Waals surface area contributed by atoms with Gasteiger partial charge in [-0.1, -0.05) is 128 Å². The van der Waals surface area contributed by atoms with Gasteiger partial charge in [0.25, 0.3) is 0 Å². The zero-order valence-corrected chi connectivity index (χ0v) is 23.7. The van der Waals surface area contributed by atoms with E-state index in [1.807, 2.05) is 121 Å². The number of benzene rings is 4. The van der Waals surface area contributed by atoms with Crippen molar-refractivity contribution < 1.29 is 28.8 Å². The van der Waals surface area contributed by atoms with Crippen LogP contribution in [0.5, 0.6) is 0 Å². The summed E-state index contributed by atoms with van der Waals surface area (Å²) in [6.45, 7) is 5.33. The summed E-state index contributed by atoms with van der Waals surface area (Å²) in [5.41, 5.74) is 4.00. The molecule has 1 N–H and O–H groups in total. The highest BCUT2D eigenvalue weighted by molar-refractivity contribution is 5.17. The van der Waals surface area contributed by atoms with E-state index in [2.05, 4.69) is 6.58 Å². The van der Waals surface area contributed by atoms with Gasteiger partial charge < -0.3 is 28.8 Å². The molecule has 0 aromatic heterocycles. The fraction of sp³-hybridized carbons (Fsp3) is 0.278. The Bertz CT molecular complexity index is 1330. The summed E-state index contributed by atoms with van der Waals surface area (Å²) < 4.78 is 31.9. The largest absolute Gasteiger partial charge is 0.374 e. The monoisotopic (exact) mass is 566 g/mol. The molecule has 5 atom stereocenters. The molecule has 1 heterocycles. The van der Waals surface area contributed by atoms with E-state index in [1.54, 1.807) is 0 Å². The summed E-state index contributed by atoms with van der Waals surface area (Å²) in [7, 11) is 0. The Morgan fingerprint density at radius 2 is 1.00 bits per heavy atom. The average Bonchev–Trinajstić information content (AvgIpc) is 3.05. The van der Waals surface area contributed by atoms with Crippen LogP contribution in [-0.2, 0) is 50.1 Å². The Hall–Kier alpha value is -3.62. The van der Waals surface area contributed by atoms with E-state index in [4.69, 9.17) is 23.7 Å². The molecule has 0 radical (unpaired) electrons. The topological polar surface area (TPSA) is 66.4 Å². The fourth-order valence-corrected chi connectivity index (χ4v) is 5.05. The summed E-state index contributed by atoms with van der Waals surface area (Å²) in [6, 6.07) is 39.5. The lowest BCUT2D eigenvalue weighted by atomic mass is 9.91. The lowest BCUT2D eigenvalue weighted by molar-refractivity contribution is -0.351. The van der Waals surface area contributed by atoms with E-state index in [0.29, 0.717) is 19.8 Å². The average molecular weight is 567 g/mol. The Morgan fingerprint density at radius 3 is 1.45 bits per heavy atom. The number of hydrogen-bond donors (Lipinski definition) is 1. The molecule has 6 heteroatoms. The minimum absolute atomic E-state index is 0.168. The van der Waals surface area contributed by atoms with Gasteiger partial charge in [0.2, 0.25) is 5.79 Å². The van der Waals surface area contributed by atoms with Crippen LogP contribution in [0, 0.1) is 0 Å². The van der Waals surface area contributed by atoms with E-state index in [1.165, 1.54) is 6.08 Å². The van der Waals surface area contributed by atoms with Gasteiger partial charge in [-0.25, -0.2) is 0 Å². The molecule has 0 unspecified atom stereocenters. The second kappa shape index (κ2) is 15.0. The molecule has 0 aliphatic carbocycles. The normalized spacial score (nSPS) is 23.8. The van der Waals surface area contributed by atoms with Crippen molar-refractivity contribution in [3.63, 3.8) is 0 Å². The molecule has 4 aromatic carbocycles. The Kier molecular flexibility index (Phi) is 10.7. The quantitative estimate of drug-likeness (QED) is 0.183. The standard InChI is InChI=1S/C36H38O6/c1-2-36(37)35(41-26-31-21-13-6-14-22-31)34(40-25-30-19-11-5-12-20-30)33(39-24-29-17-9-4-10-18-29)32(42-36)27-38-23-28-15-7-3-8-16-28/h2-22,32-35,37H,1,23-27H2/t32-,33-,34+,35-,36+/m1/s1. The maximum atomic E-state index is 11.8. The molecule has 1 saturated heterocycles. The Morgan fingerprint density at radius 1 is 0.595 bits per heavy atom. The van der Waals surface area contributed by atoms with Crippen LogP contribution in [-0.4, -0.2) is 41.9 Å². The Labute approximate surface area is 248 Å². The summed E-state index contributed by atoms with van der Waals surface area (Å²) in [4.78, 5) is 0. The molecular weight excluding hydrogens is 528 g/mol. The highest BCUT2D eigenvalue weighted by Gasteiger charge is 2.55. The van der Waals surface area contributed by atoms with Crippen molar-refractivity contribution >= 4 is 0 Å². The molecule has 1 aliphatic rings. The molecule has 4 aromatic rings. The molecule has 5 rings (SSSR count). The predicted octanol–water partition coefficient (Wildman–Crippen LogP) is 6.23. The minimum atomic E-state index is -1.84. The van der Waals surface area contributed by atoms with E-state index in [-0.39, 0.29) is 13.2 Å². The molecule has 42 heavy (non-hydrogen) atoms. The van der Waals surface area contributed by atoms with Crippen molar-refractivity contribution in [3.8, 4) is 0 Å². The summed E-state index contributed by atoms with van der Waals surface area (Å²) in [5.74, 6) is -1.84. The summed E-state index contributed by atoms with van der Waals surface area (Å²) >= 11 is 0. The SMILES string of the molecule is C=C[C@]1(O)O[C@H](COCc2ccccc2)[C@@H](OCc2ccccc2)[C@H](OCc2ccccc2)[C@H]1OCc1ccccc1. The lowest BCUT2D eigenvalue weighted by Gasteiger charge is -2.49. The lowest BCUT2D eigenvalue weighted by Crippen LogP contribution is -2.66. The number of ether oxygens (including phenoxy) is 5. The van der Waals surface area contributed by atoms with Gasteiger partial charge in [0.1, 0.15) is 24.4 Å². The van der Waals surface area contributed by atoms with Gasteiger partial charge in [-0.3, -0.25) is 0 Å². The zero-order chi connectivity index (χ0) is 29.0. The minimum Gasteiger partial charge on any atom is -0.374 e. The molecule has 0 spiro atoms. The van der Waals surface area contributed by atoms with Crippen LogP contribution in [0.3, 0.4) is 0 Å². The summed E-state index contributed by atoms with van der Waals surface area (Å²) in [5, 5.41) is 11.8. The molecular formula is C36H38O6. The maximum absolute atomic E-state index is 11.8. The van der Waals surface area contributed by atoms with Crippen molar-refractivity contribution in [2.45, 2.75) is 56.6 Å². The van der Waals surface area contributed by atoms with E-state index in [0.717, 1.165) is 22.3 Å². The van der Waals surface area contributed by atoms with E-state index in [9.17, 15) is 5.11 Å². The molecule has 0 bridgehead atoms. The van der Waals surface area contributed by atoms with E-state index < -0.39 is 30.2 Å². The van der Waals surface area contributed by atoms with Crippen molar-refractivity contribution in [1.29, 1.82) is 0 Å². The number of hydrogen-bond acceptors (Lipinski definition) is 6. The van der Waals surface area contributed by atoms with Crippen LogP contribution in [0.25, 0.3) is 0 Å². The van der Waals surface area contributed by atoms with Crippen molar-refractivity contribution in [1.82, 2.24) is 0 Å². The first-order valence-electron chi connectivity index (χ1n) is 14.3. The van der Waals surface area contributed by atoms with Gasteiger partial charge >= 0.3 is 0 Å². The molecule has 6 nitrogen and oxygen atoms in total. The molecule has 1 fully saturated rings. The third-order valence-corrected chi connectivity index (χ3v) is 7.27. The molecule has 218 valence electrons. The van der Waals surface area contributed by atoms with Gasteiger partial charge in [-0.2, -0.15) is 0 Å². The smallest absolute Gasteiger partial charge is 0.215 e.